The molecule has 4 nitrogen and oxygen atoms in total. The Kier molecular flexibility index (Phi) is 3.48. The van der Waals surface area contributed by atoms with E-state index >= 15 is 0 Å². The zero-order valence-corrected chi connectivity index (χ0v) is 10.1. The number of benzene rings is 1. The smallest absolute Gasteiger partial charge is 0.337 e. The molecule has 0 atom stereocenters. The summed E-state index contributed by atoms with van der Waals surface area (Å²) in [7, 11) is 0. The van der Waals surface area contributed by atoms with Crippen molar-refractivity contribution >= 4 is 17.6 Å². The molecule has 0 aliphatic heterocycles. The highest BCUT2D eigenvalue weighted by Crippen LogP contribution is 2.10. The van der Waals surface area contributed by atoms with E-state index in [0.717, 1.165) is 5.56 Å². The average molecular weight is 264 g/mol. The van der Waals surface area contributed by atoms with Gasteiger partial charge < -0.3 is 9.67 Å². The lowest BCUT2D eigenvalue weighted by atomic mass is 10.2. The summed E-state index contributed by atoms with van der Waals surface area (Å²) >= 11 is 5.77. The monoisotopic (exact) mass is 263 g/mol. The predicted molar refractivity (Wildman–Crippen MR) is 68.2 cm³/mol. The molecule has 5 heteroatoms. The summed E-state index contributed by atoms with van der Waals surface area (Å²) in [6.45, 7) is 0.317. The molecule has 0 bridgehead atoms. The number of hydrogen-bond acceptors (Lipinski definition) is 2. The Morgan fingerprint density at radius 3 is 2.44 bits per heavy atom. The number of carboxylic acids is 1. The molecule has 0 fully saturated rings. The molecule has 0 amide bonds. The van der Waals surface area contributed by atoms with Gasteiger partial charge in [0.25, 0.3) is 5.56 Å². The van der Waals surface area contributed by atoms with Crippen molar-refractivity contribution in [2.75, 3.05) is 0 Å². The van der Waals surface area contributed by atoms with Crippen molar-refractivity contribution in [3.63, 3.8) is 0 Å². The van der Waals surface area contributed by atoms with Crippen LogP contribution in [0, 0.1) is 0 Å². The summed E-state index contributed by atoms with van der Waals surface area (Å²) in [5.41, 5.74) is 0.725. The maximum Gasteiger partial charge on any atom is 0.337 e. The Bertz CT molecular complexity index is 631. The third kappa shape index (κ3) is 2.78. The lowest BCUT2D eigenvalue weighted by Crippen LogP contribution is -2.20. The molecule has 0 unspecified atom stereocenters. The molecule has 0 spiro atoms. The number of carbonyl (C=O) groups is 1. The van der Waals surface area contributed by atoms with Crippen LogP contribution >= 0.6 is 11.6 Å². The quantitative estimate of drug-likeness (QED) is 0.924. The molecule has 2 rings (SSSR count). The number of halogens is 1. The summed E-state index contributed by atoms with van der Waals surface area (Å²) in [6.07, 6.45) is 1.33. The van der Waals surface area contributed by atoms with Gasteiger partial charge in [-0.1, -0.05) is 23.7 Å². The first-order valence-electron chi connectivity index (χ1n) is 5.24. The molecule has 2 aromatic rings. The van der Waals surface area contributed by atoms with Crippen molar-refractivity contribution in [1.29, 1.82) is 0 Å². The third-order valence-corrected chi connectivity index (χ3v) is 2.75. The van der Waals surface area contributed by atoms with Gasteiger partial charge >= 0.3 is 5.97 Å². The second kappa shape index (κ2) is 5.06. The first-order chi connectivity index (χ1) is 8.56. The zero-order valence-electron chi connectivity index (χ0n) is 9.34. The highest BCUT2D eigenvalue weighted by atomic mass is 35.5. The minimum Gasteiger partial charge on any atom is -0.478 e. The van der Waals surface area contributed by atoms with E-state index in [0.29, 0.717) is 11.6 Å². The van der Waals surface area contributed by atoms with E-state index in [1.165, 1.54) is 22.9 Å². The van der Waals surface area contributed by atoms with Crippen molar-refractivity contribution in [2.24, 2.45) is 0 Å². The molecule has 92 valence electrons. The summed E-state index contributed by atoms with van der Waals surface area (Å²) in [4.78, 5) is 22.4. The lowest BCUT2D eigenvalue weighted by molar-refractivity contribution is 0.0696. The first-order valence-corrected chi connectivity index (χ1v) is 5.62. The zero-order chi connectivity index (χ0) is 13.1. The highest BCUT2D eigenvalue weighted by molar-refractivity contribution is 6.30. The summed E-state index contributed by atoms with van der Waals surface area (Å²) < 4.78 is 1.35. The van der Waals surface area contributed by atoms with Crippen LogP contribution in [0.1, 0.15) is 15.9 Å². The van der Waals surface area contributed by atoms with Crippen LogP contribution in [0.25, 0.3) is 0 Å². The maximum absolute atomic E-state index is 11.6. The van der Waals surface area contributed by atoms with E-state index in [-0.39, 0.29) is 11.1 Å². The van der Waals surface area contributed by atoms with Gasteiger partial charge in [-0.25, -0.2) is 4.79 Å². The topological polar surface area (TPSA) is 59.3 Å². The molecule has 0 aliphatic rings. The van der Waals surface area contributed by atoms with Crippen molar-refractivity contribution in [3.8, 4) is 0 Å². The Morgan fingerprint density at radius 1 is 1.17 bits per heavy atom. The van der Waals surface area contributed by atoms with Gasteiger partial charge in [-0.2, -0.15) is 0 Å². The largest absolute Gasteiger partial charge is 0.478 e. The van der Waals surface area contributed by atoms with Gasteiger partial charge in [-0.05, 0) is 23.8 Å². The van der Waals surface area contributed by atoms with E-state index in [4.69, 9.17) is 16.7 Å². The van der Waals surface area contributed by atoms with E-state index in [1.807, 2.05) is 0 Å². The number of aromatic carboxylic acids is 1. The SMILES string of the molecule is O=C(O)c1ccc(=O)n(Cc2ccc(Cl)cc2)c1. The Morgan fingerprint density at radius 2 is 1.83 bits per heavy atom. The second-order valence-electron chi connectivity index (χ2n) is 3.82. The van der Waals surface area contributed by atoms with Crippen LogP contribution in [0.15, 0.2) is 47.4 Å². The van der Waals surface area contributed by atoms with Crippen LogP contribution < -0.4 is 5.56 Å². The van der Waals surface area contributed by atoms with Gasteiger partial charge in [0.05, 0.1) is 12.1 Å². The van der Waals surface area contributed by atoms with E-state index < -0.39 is 5.97 Å². The molecule has 18 heavy (non-hydrogen) atoms. The van der Waals surface area contributed by atoms with Gasteiger partial charge in [0.2, 0.25) is 0 Å². The van der Waals surface area contributed by atoms with Crippen molar-refractivity contribution in [1.82, 2.24) is 4.57 Å². The Hall–Kier alpha value is -2.07. The van der Waals surface area contributed by atoms with E-state index in [9.17, 15) is 9.59 Å². The van der Waals surface area contributed by atoms with E-state index in [1.54, 1.807) is 24.3 Å². The molecular weight excluding hydrogens is 254 g/mol. The minimum absolute atomic E-state index is 0.0866. The molecule has 1 aromatic heterocycles. The summed E-state index contributed by atoms with van der Waals surface area (Å²) in [6, 6.07) is 9.58. The fourth-order valence-corrected chi connectivity index (χ4v) is 1.69. The second-order valence-corrected chi connectivity index (χ2v) is 4.25. The van der Waals surface area contributed by atoms with Crippen LogP contribution in [-0.4, -0.2) is 15.6 Å². The van der Waals surface area contributed by atoms with Crippen LogP contribution in [-0.2, 0) is 6.54 Å². The van der Waals surface area contributed by atoms with E-state index in [2.05, 4.69) is 0 Å². The van der Waals surface area contributed by atoms with Crippen molar-refractivity contribution < 1.29 is 9.90 Å². The number of carboxylic acid groups (broad SMARTS) is 1. The first kappa shape index (κ1) is 12.4. The van der Waals surface area contributed by atoms with Crippen LogP contribution in [0.3, 0.4) is 0 Å². The van der Waals surface area contributed by atoms with Crippen LogP contribution in [0.4, 0.5) is 0 Å². The standard InChI is InChI=1S/C13H10ClNO3/c14-11-4-1-9(2-5-11)7-15-8-10(13(17)18)3-6-12(15)16/h1-6,8H,7H2,(H,17,18). The summed E-state index contributed by atoms with van der Waals surface area (Å²) in [5, 5.41) is 9.49. The fraction of sp³-hybridized carbons (Fsp3) is 0.0769. The van der Waals surface area contributed by atoms with Gasteiger partial charge in [0.1, 0.15) is 0 Å². The normalized spacial score (nSPS) is 10.3. The van der Waals surface area contributed by atoms with Gasteiger partial charge in [0, 0.05) is 17.3 Å². The van der Waals surface area contributed by atoms with Crippen LogP contribution in [0.2, 0.25) is 5.02 Å². The molecule has 1 aromatic carbocycles. The number of hydrogen-bond donors (Lipinski definition) is 1. The van der Waals surface area contributed by atoms with Crippen molar-refractivity contribution in [2.45, 2.75) is 6.54 Å². The van der Waals surface area contributed by atoms with Crippen molar-refractivity contribution in [3.05, 3.63) is 69.1 Å². The molecule has 0 aliphatic carbocycles. The van der Waals surface area contributed by atoms with Gasteiger partial charge in [-0.15, -0.1) is 0 Å². The highest BCUT2D eigenvalue weighted by Gasteiger charge is 2.05. The molecule has 1 heterocycles. The maximum atomic E-state index is 11.6. The fourth-order valence-electron chi connectivity index (χ4n) is 1.57. The number of pyridine rings is 1. The summed E-state index contributed by atoms with van der Waals surface area (Å²) in [5.74, 6) is -1.06. The predicted octanol–water partition coefficient (Wildman–Crippen LogP) is 2.25. The van der Waals surface area contributed by atoms with Gasteiger partial charge in [-0.3, -0.25) is 4.79 Å². The van der Waals surface area contributed by atoms with Crippen LogP contribution in [0.5, 0.6) is 0 Å². The molecule has 0 saturated carbocycles. The third-order valence-electron chi connectivity index (χ3n) is 2.50. The number of rotatable bonds is 3. The number of nitrogens with zero attached hydrogens (tertiary/aromatic N) is 1. The Labute approximate surface area is 108 Å². The molecular formula is C13H10ClNO3. The lowest BCUT2D eigenvalue weighted by Gasteiger charge is -2.06. The van der Waals surface area contributed by atoms with Gasteiger partial charge in [0.15, 0.2) is 0 Å². The molecule has 0 radical (unpaired) electrons. The molecule has 0 saturated heterocycles. The average Bonchev–Trinajstić information content (AvgIpc) is 2.34. The minimum atomic E-state index is -1.06. The number of aromatic nitrogens is 1. The Balaban J connectivity index is 2.33. The molecule has 1 N–H and O–H groups in total.